The van der Waals surface area contributed by atoms with E-state index in [1.807, 2.05) is 12.4 Å². The summed E-state index contributed by atoms with van der Waals surface area (Å²) in [6, 6.07) is 9.71. The van der Waals surface area contributed by atoms with Crippen molar-refractivity contribution in [2.24, 2.45) is 11.8 Å². The molecule has 3 heteroatoms. The van der Waals surface area contributed by atoms with Crippen LogP contribution < -0.4 is 0 Å². The third-order valence-electron chi connectivity index (χ3n) is 7.09. The van der Waals surface area contributed by atoms with E-state index in [-0.39, 0.29) is 0 Å². The molecule has 1 aromatic carbocycles. The minimum absolute atomic E-state index is 0.454. The van der Waals surface area contributed by atoms with Gasteiger partial charge in [0.1, 0.15) is 0 Å². The third kappa shape index (κ3) is 2.91. The number of amides is 1. The Balaban J connectivity index is 1.29. The van der Waals surface area contributed by atoms with Gasteiger partial charge in [0.25, 0.3) is 0 Å². The molecule has 3 aliphatic rings. The van der Waals surface area contributed by atoms with Crippen molar-refractivity contribution in [2.45, 2.75) is 69.9 Å². The number of piperidine rings is 1. The van der Waals surface area contributed by atoms with Gasteiger partial charge >= 0.3 is 0 Å². The molecular formula is C23H28N2O. The van der Waals surface area contributed by atoms with Crippen LogP contribution in [0.2, 0.25) is 0 Å². The Morgan fingerprint density at radius 1 is 1.04 bits per heavy atom. The SMILES string of the molecule is O=C(CC1CCC1)N1C2CCC1CC(Cc1cccc3ccncc13)C2. The number of hydrogen-bond acceptors (Lipinski definition) is 2. The summed E-state index contributed by atoms with van der Waals surface area (Å²) in [6.45, 7) is 0. The fourth-order valence-corrected chi connectivity index (χ4v) is 5.58. The molecule has 2 unspecified atom stereocenters. The van der Waals surface area contributed by atoms with Crippen LogP contribution in [-0.2, 0) is 11.2 Å². The highest BCUT2D eigenvalue weighted by Crippen LogP contribution is 2.42. The fraction of sp³-hybridized carbons (Fsp3) is 0.565. The standard InChI is InChI=1S/C23H28N2O/c26-23(14-16-3-1-4-16)25-20-7-8-21(25)13-17(12-20)11-19-6-2-5-18-9-10-24-15-22(18)19/h2,5-6,9-10,15-17,20-21H,1,3-4,7-8,11-14H2. The van der Waals surface area contributed by atoms with E-state index in [4.69, 9.17) is 0 Å². The van der Waals surface area contributed by atoms with E-state index in [0.29, 0.717) is 29.8 Å². The van der Waals surface area contributed by atoms with Crippen LogP contribution in [0.3, 0.4) is 0 Å². The first-order valence-electron chi connectivity index (χ1n) is 10.4. The predicted molar refractivity (Wildman–Crippen MR) is 104 cm³/mol. The molecule has 2 bridgehead atoms. The second kappa shape index (κ2) is 6.68. The van der Waals surface area contributed by atoms with Gasteiger partial charge in [-0.3, -0.25) is 9.78 Å². The van der Waals surface area contributed by atoms with Gasteiger partial charge in [-0.1, -0.05) is 24.6 Å². The van der Waals surface area contributed by atoms with Gasteiger partial charge in [-0.05, 0) is 73.8 Å². The summed E-state index contributed by atoms with van der Waals surface area (Å²) < 4.78 is 0. The highest BCUT2D eigenvalue weighted by molar-refractivity contribution is 5.84. The highest BCUT2D eigenvalue weighted by Gasteiger charge is 2.43. The second-order valence-electron chi connectivity index (χ2n) is 8.74. The first-order valence-corrected chi connectivity index (χ1v) is 10.4. The van der Waals surface area contributed by atoms with Crippen molar-refractivity contribution in [2.75, 3.05) is 0 Å². The number of nitrogens with zero attached hydrogens (tertiary/aromatic N) is 2. The van der Waals surface area contributed by atoms with Crippen LogP contribution in [0.1, 0.15) is 56.9 Å². The van der Waals surface area contributed by atoms with Gasteiger partial charge < -0.3 is 4.90 Å². The molecule has 1 amide bonds. The average Bonchev–Trinajstić information content (AvgIpc) is 2.89. The van der Waals surface area contributed by atoms with Crippen molar-refractivity contribution in [1.29, 1.82) is 0 Å². The molecule has 136 valence electrons. The molecule has 2 saturated heterocycles. The molecule has 2 atom stereocenters. The number of aromatic nitrogens is 1. The first kappa shape index (κ1) is 16.3. The Morgan fingerprint density at radius 3 is 2.58 bits per heavy atom. The highest BCUT2D eigenvalue weighted by atomic mass is 16.2. The Labute approximate surface area is 155 Å². The van der Waals surface area contributed by atoms with Gasteiger partial charge in [0.2, 0.25) is 5.91 Å². The van der Waals surface area contributed by atoms with E-state index in [0.717, 1.165) is 12.8 Å². The maximum absolute atomic E-state index is 12.8. The number of carbonyl (C=O) groups excluding carboxylic acids is 1. The fourth-order valence-electron chi connectivity index (χ4n) is 5.58. The van der Waals surface area contributed by atoms with E-state index < -0.39 is 0 Å². The first-order chi connectivity index (χ1) is 12.8. The number of hydrogen-bond donors (Lipinski definition) is 0. The molecule has 0 radical (unpaired) electrons. The van der Waals surface area contributed by atoms with Crippen molar-refractivity contribution in [3.8, 4) is 0 Å². The van der Waals surface area contributed by atoms with E-state index in [1.54, 1.807) is 0 Å². The smallest absolute Gasteiger partial charge is 0.223 e. The molecule has 26 heavy (non-hydrogen) atoms. The lowest BCUT2D eigenvalue weighted by molar-refractivity contribution is -0.138. The van der Waals surface area contributed by atoms with Crippen molar-refractivity contribution < 1.29 is 4.79 Å². The zero-order valence-corrected chi connectivity index (χ0v) is 15.4. The van der Waals surface area contributed by atoms with Crippen LogP contribution >= 0.6 is 0 Å². The maximum atomic E-state index is 12.8. The summed E-state index contributed by atoms with van der Waals surface area (Å²) >= 11 is 0. The second-order valence-corrected chi connectivity index (χ2v) is 8.74. The monoisotopic (exact) mass is 348 g/mol. The largest absolute Gasteiger partial charge is 0.337 e. The van der Waals surface area contributed by atoms with Gasteiger partial charge in [-0.25, -0.2) is 0 Å². The minimum atomic E-state index is 0.454. The summed E-state index contributed by atoms with van der Waals surface area (Å²) in [5.41, 5.74) is 1.43. The molecule has 0 N–H and O–H groups in total. The van der Waals surface area contributed by atoms with Crippen LogP contribution in [0, 0.1) is 11.8 Å². The molecule has 2 aliphatic heterocycles. The van der Waals surface area contributed by atoms with Crippen LogP contribution in [0.4, 0.5) is 0 Å². The normalized spacial score (nSPS) is 28.3. The number of fused-ring (bicyclic) bond motifs is 3. The predicted octanol–water partition coefficient (Wildman–Crippen LogP) is 4.74. The molecule has 1 aromatic heterocycles. The van der Waals surface area contributed by atoms with Crippen molar-refractivity contribution in [1.82, 2.24) is 9.88 Å². The maximum Gasteiger partial charge on any atom is 0.223 e. The minimum Gasteiger partial charge on any atom is -0.337 e. The molecule has 3 nitrogen and oxygen atoms in total. The zero-order chi connectivity index (χ0) is 17.5. The Hall–Kier alpha value is -1.90. The summed E-state index contributed by atoms with van der Waals surface area (Å²) in [7, 11) is 0. The van der Waals surface area contributed by atoms with Crippen LogP contribution in [0.5, 0.6) is 0 Å². The lowest BCUT2D eigenvalue weighted by Gasteiger charge is -2.40. The molecule has 1 aliphatic carbocycles. The average molecular weight is 348 g/mol. The van der Waals surface area contributed by atoms with E-state index in [1.165, 1.54) is 61.3 Å². The quantitative estimate of drug-likeness (QED) is 0.800. The van der Waals surface area contributed by atoms with Gasteiger partial charge in [-0.2, -0.15) is 0 Å². The summed E-state index contributed by atoms with van der Waals surface area (Å²) in [6.07, 6.45) is 14.5. The molecule has 5 rings (SSSR count). The van der Waals surface area contributed by atoms with Crippen molar-refractivity contribution in [3.05, 3.63) is 42.2 Å². The topological polar surface area (TPSA) is 33.2 Å². The summed E-state index contributed by atoms with van der Waals surface area (Å²) in [5, 5.41) is 2.58. The molecule has 0 spiro atoms. The van der Waals surface area contributed by atoms with E-state index in [2.05, 4.69) is 34.1 Å². The lowest BCUT2D eigenvalue weighted by Crippen LogP contribution is -2.47. The van der Waals surface area contributed by atoms with Gasteiger partial charge in [-0.15, -0.1) is 0 Å². The lowest BCUT2D eigenvalue weighted by atomic mass is 9.81. The Kier molecular flexibility index (Phi) is 4.18. The Morgan fingerprint density at radius 2 is 1.85 bits per heavy atom. The number of rotatable bonds is 4. The zero-order valence-electron chi connectivity index (χ0n) is 15.4. The van der Waals surface area contributed by atoms with E-state index in [9.17, 15) is 4.79 Å². The number of pyridine rings is 1. The van der Waals surface area contributed by atoms with Gasteiger partial charge in [0.15, 0.2) is 0 Å². The molecular weight excluding hydrogens is 320 g/mol. The summed E-state index contributed by atoms with van der Waals surface area (Å²) in [4.78, 5) is 19.5. The Bertz CT molecular complexity index is 793. The number of benzene rings is 1. The number of carbonyl (C=O) groups is 1. The molecule has 3 fully saturated rings. The van der Waals surface area contributed by atoms with Crippen LogP contribution in [-0.4, -0.2) is 27.9 Å². The molecule has 3 heterocycles. The summed E-state index contributed by atoms with van der Waals surface area (Å²) in [5.74, 6) is 1.84. The van der Waals surface area contributed by atoms with Crippen molar-refractivity contribution in [3.63, 3.8) is 0 Å². The molecule has 2 aromatic rings. The van der Waals surface area contributed by atoms with Gasteiger partial charge in [0, 0.05) is 36.3 Å². The van der Waals surface area contributed by atoms with E-state index >= 15 is 0 Å². The third-order valence-corrected chi connectivity index (χ3v) is 7.09. The van der Waals surface area contributed by atoms with Gasteiger partial charge in [0.05, 0.1) is 0 Å². The molecule has 1 saturated carbocycles. The van der Waals surface area contributed by atoms with Crippen LogP contribution in [0.15, 0.2) is 36.7 Å². The van der Waals surface area contributed by atoms with Crippen molar-refractivity contribution >= 4 is 16.7 Å². The van der Waals surface area contributed by atoms with Crippen LogP contribution in [0.25, 0.3) is 10.8 Å².